The summed E-state index contributed by atoms with van der Waals surface area (Å²) in [4.78, 5) is 0. The number of hydrogen-bond acceptors (Lipinski definition) is 2. The van der Waals surface area contributed by atoms with Crippen molar-refractivity contribution in [3.8, 4) is 11.5 Å². The molecule has 0 atom stereocenters. The van der Waals surface area contributed by atoms with E-state index in [0.29, 0.717) is 0 Å². The lowest BCUT2D eigenvalue weighted by molar-refractivity contribution is -0.368. The molecule has 1 aromatic rings. The number of quaternary nitrogens is 1. The zero-order chi connectivity index (χ0) is 10.4. The maximum atomic E-state index is 5.22. The van der Waals surface area contributed by atoms with E-state index in [-0.39, 0.29) is 0 Å². The van der Waals surface area contributed by atoms with Gasteiger partial charge >= 0.3 is 0 Å². The van der Waals surface area contributed by atoms with E-state index in [0.717, 1.165) is 30.9 Å². The highest BCUT2D eigenvalue weighted by Crippen LogP contribution is 2.27. The Hall–Kier alpha value is -1.22. The highest BCUT2D eigenvalue weighted by molar-refractivity contribution is 5.42. The van der Waals surface area contributed by atoms with Gasteiger partial charge < -0.3 is 15.2 Å². The molecule has 0 fully saturated rings. The smallest absolute Gasteiger partial charge is 0.160 e. The van der Waals surface area contributed by atoms with Crippen LogP contribution in [0.15, 0.2) is 18.2 Å². The van der Waals surface area contributed by atoms with Crippen LogP contribution in [0.25, 0.3) is 0 Å². The number of ether oxygens (including phenoxy) is 2. The van der Waals surface area contributed by atoms with Crippen molar-refractivity contribution in [1.29, 1.82) is 0 Å². The molecule has 3 heteroatoms. The van der Waals surface area contributed by atoms with Gasteiger partial charge in [0.2, 0.25) is 0 Å². The van der Waals surface area contributed by atoms with E-state index in [4.69, 9.17) is 9.47 Å². The first-order valence-electron chi connectivity index (χ1n) is 4.82. The van der Waals surface area contributed by atoms with Crippen molar-refractivity contribution in [1.82, 2.24) is 0 Å². The Bertz CT molecular complexity index is 287. The Morgan fingerprint density at radius 2 is 1.86 bits per heavy atom. The lowest BCUT2D eigenvalue weighted by Gasteiger charge is -2.08. The quantitative estimate of drug-likeness (QED) is 0.759. The Balaban J connectivity index is 2.79. The first-order chi connectivity index (χ1) is 6.81. The second kappa shape index (κ2) is 5.50. The maximum Gasteiger partial charge on any atom is 0.160 e. The fraction of sp³-hybridized carbons (Fsp3) is 0.455. The number of methoxy groups -OCH3 is 2. The highest BCUT2D eigenvalue weighted by Gasteiger charge is 2.03. The summed E-state index contributed by atoms with van der Waals surface area (Å²) < 4.78 is 10.4. The van der Waals surface area contributed by atoms with E-state index in [1.807, 2.05) is 12.1 Å². The van der Waals surface area contributed by atoms with Crippen molar-refractivity contribution in [2.24, 2.45) is 0 Å². The number of aryl methyl sites for hydroxylation is 1. The monoisotopic (exact) mass is 196 g/mol. The van der Waals surface area contributed by atoms with Crippen LogP contribution in [0, 0.1) is 0 Å². The van der Waals surface area contributed by atoms with E-state index < -0.39 is 0 Å². The summed E-state index contributed by atoms with van der Waals surface area (Å²) >= 11 is 0. The predicted octanol–water partition coefficient (Wildman–Crippen LogP) is 0.878. The van der Waals surface area contributed by atoms with Crippen molar-refractivity contribution in [2.45, 2.75) is 12.8 Å². The van der Waals surface area contributed by atoms with Gasteiger partial charge in [0.25, 0.3) is 0 Å². The van der Waals surface area contributed by atoms with Gasteiger partial charge in [-0.3, -0.25) is 0 Å². The molecule has 0 amide bonds. The van der Waals surface area contributed by atoms with Gasteiger partial charge in [0.05, 0.1) is 20.8 Å². The fourth-order valence-electron chi connectivity index (χ4n) is 1.37. The number of benzene rings is 1. The Morgan fingerprint density at radius 3 is 2.43 bits per heavy atom. The molecule has 1 rings (SSSR count). The molecular weight excluding hydrogens is 178 g/mol. The van der Waals surface area contributed by atoms with Gasteiger partial charge in [-0.05, 0) is 24.1 Å². The first-order valence-corrected chi connectivity index (χ1v) is 4.82. The second-order valence-electron chi connectivity index (χ2n) is 3.15. The van der Waals surface area contributed by atoms with Crippen LogP contribution in [0.3, 0.4) is 0 Å². The SMILES string of the molecule is COc1ccc(CCC[NH3+])cc1OC. The van der Waals surface area contributed by atoms with E-state index >= 15 is 0 Å². The molecule has 0 aromatic heterocycles. The van der Waals surface area contributed by atoms with Crippen molar-refractivity contribution in [3.05, 3.63) is 23.8 Å². The minimum atomic E-state index is 0.783. The summed E-state index contributed by atoms with van der Waals surface area (Å²) in [7, 11) is 3.30. The Morgan fingerprint density at radius 1 is 1.14 bits per heavy atom. The minimum Gasteiger partial charge on any atom is -0.493 e. The number of hydrogen-bond donors (Lipinski definition) is 1. The van der Waals surface area contributed by atoms with Gasteiger partial charge in [-0.2, -0.15) is 0 Å². The van der Waals surface area contributed by atoms with E-state index in [9.17, 15) is 0 Å². The van der Waals surface area contributed by atoms with Crippen molar-refractivity contribution >= 4 is 0 Å². The summed E-state index contributed by atoms with van der Waals surface area (Å²) in [6.45, 7) is 0.967. The molecule has 3 N–H and O–H groups in total. The average Bonchev–Trinajstić information content (AvgIpc) is 2.25. The molecule has 14 heavy (non-hydrogen) atoms. The molecular formula is C11H18NO2+. The summed E-state index contributed by atoms with van der Waals surface area (Å²) in [6, 6.07) is 6.03. The topological polar surface area (TPSA) is 46.1 Å². The van der Waals surface area contributed by atoms with Crippen LogP contribution in [0.4, 0.5) is 0 Å². The van der Waals surface area contributed by atoms with Crippen LogP contribution < -0.4 is 15.2 Å². The molecule has 0 spiro atoms. The van der Waals surface area contributed by atoms with E-state index in [1.165, 1.54) is 5.56 Å². The molecule has 0 radical (unpaired) electrons. The second-order valence-corrected chi connectivity index (χ2v) is 3.15. The number of rotatable bonds is 5. The molecule has 0 aliphatic carbocycles. The van der Waals surface area contributed by atoms with Gasteiger partial charge in [0.1, 0.15) is 0 Å². The highest BCUT2D eigenvalue weighted by atomic mass is 16.5. The Kier molecular flexibility index (Phi) is 4.26. The lowest BCUT2D eigenvalue weighted by atomic mass is 10.1. The molecule has 0 unspecified atom stereocenters. The van der Waals surface area contributed by atoms with Gasteiger partial charge in [0, 0.05) is 6.42 Å². The van der Waals surface area contributed by atoms with Crippen LogP contribution in [-0.4, -0.2) is 20.8 Å². The van der Waals surface area contributed by atoms with Gasteiger partial charge in [0.15, 0.2) is 11.5 Å². The Labute approximate surface area is 84.8 Å². The third kappa shape index (κ3) is 2.64. The molecule has 0 saturated heterocycles. The minimum absolute atomic E-state index is 0.783. The third-order valence-electron chi connectivity index (χ3n) is 2.16. The summed E-state index contributed by atoms with van der Waals surface area (Å²) in [5.41, 5.74) is 5.09. The lowest BCUT2D eigenvalue weighted by Crippen LogP contribution is -2.50. The molecule has 1 aromatic carbocycles. The molecule has 3 nitrogen and oxygen atoms in total. The van der Waals surface area contributed by atoms with Crippen LogP contribution >= 0.6 is 0 Å². The van der Waals surface area contributed by atoms with Crippen LogP contribution in [0.5, 0.6) is 11.5 Å². The molecule has 0 saturated carbocycles. The summed E-state index contributed by atoms with van der Waals surface area (Å²) in [5.74, 6) is 1.58. The summed E-state index contributed by atoms with van der Waals surface area (Å²) in [5, 5.41) is 0. The molecule has 0 heterocycles. The van der Waals surface area contributed by atoms with Crippen LogP contribution in [0.2, 0.25) is 0 Å². The standard InChI is InChI=1S/C11H17NO2/c1-13-10-6-5-9(4-3-7-12)8-11(10)14-2/h5-6,8H,3-4,7,12H2,1-2H3/p+1. The van der Waals surface area contributed by atoms with Crippen molar-refractivity contribution in [3.63, 3.8) is 0 Å². The zero-order valence-electron chi connectivity index (χ0n) is 8.88. The normalized spacial score (nSPS) is 9.93. The summed E-state index contributed by atoms with van der Waals surface area (Å²) in [6.07, 6.45) is 2.15. The molecule has 0 aliphatic rings. The van der Waals surface area contributed by atoms with E-state index in [2.05, 4.69) is 11.8 Å². The van der Waals surface area contributed by atoms with Crippen molar-refractivity contribution in [2.75, 3.05) is 20.8 Å². The zero-order valence-corrected chi connectivity index (χ0v) is 8.88. The van der Waals surface area contributed by atoms with Gasteiger partial charge in [-0.25, -0.2) is 0 Å². The van der Waals surface area contributed by atoms with E-state index in [1.54, 1.807) is 14.2 Å². The first kappa shape index (κ1) is 10.9. The average molecular weight is 196 g/mol. The third-order valence-corrected chi connectivity index (χ3v) is 2.16. The predicted molar refractivity (Wildman–Crippen MR) is 55.6 cm³/mol. The van der Waals surface area contributed by atoms with Crippen molar-refractivity contribution < 1.29 is 15.2 Å². The van der Waals surface area contributed by atoms with Gasteiger partial charge in [-0.1, -0.05) is 6.07 Å². The molecule has 0 bridgehead atoms. The van der Waals surface area contributed by atoms with Gasteiger partial charge in [-0.15, -0.1) is 0 Å². The largest absolute Gasteiger partial charge is 0.493 e. The maximum absolute atomic E-state index is 5.22. The fourth-order valence-corrected chi connectivity index (χ4v) is 1.37. The molecule has 78 valence electrons. The van der Waals surface area contributed by atoms with Crippen LogP contribution in [-0.2, 0) is 6.42 Å². The molecule has 0 aliphatic heterocycles. The van der Waals surface area contributed by atoms with Crippen LogP contribution in [0.1, 0.15) is 12.0 Å².